The van der Waals surface area contributed by atoms with E-state index in [1.807, 2.05) is 53.2 Å². The van der Waals surface area contributed by atoms with E-state index in [0.29, 0.717) is 0 Å². The highest BCUT2D eigenvalue weighted by Crippen LogP contribution is 2.14. The van der Waals surface area contributed by atoms with Crippen LogP contribution in [0.15, 0.2) is 42.9 Å². The third-order valence-corrected chi connectivity index (χ3v) is 3.62. The van der Waals surface area contributed by atoms with Crippen LogP contribution in [0.5, 0.6) is 0 Å². The number of rotatable bonds is 2. The SMILES string of the molecule is Cn1ccc(C(=O)N2CCN(c3ccccn3)CC2)c1. The van der Waals surface area contributed by atoms with Crippen molar-refractivity contribution < 1.29 is 4.79 Å². The van der Waals surface area contributed by atoms with Gasteiger partial charge in [0.2, 0.25) is 0 Å². The van der Waals surface area contributed by atoms with Crippen LogP contribution in [-0.2, 0) is 7.05 Å². The van der Waals surface area contributed by atoms with Crippen molar-refractivity contribution in [3.05, 3.63) is 48.4 Å². The maximum atomic E-state index is 12.3. The topological polar surface area (TPSA) is 41.4 Å². The van der Waals surface area contributed by atoms with Gasteiger partial charge in [0, 0.05) is 51.8 Å². The van der Waals surface area contributed by atoms with Crippen molar-refractivity contribution in [1.29, 1.82) is 0 Å². The fourth-order valence-electron chi connectivity index (χ4n) is 2.49. The lowest BCUT2D eigenvalue weighted by atomic mass is 10.2. The second kappa shape index (κ2) is 5.36. The zero-order valence-corrected chi connectivity index (χ0v) is 11.6. The maximum Gasteiger partial charge on any atom is 0.255 e. The fraction of sp³-hybridized carbons (Fsp3) is 0.333. The quantitative estimate of drug-likeness (QED) is 0.828. The minimum Gasteiger partial charge on any atom is -0.356 e. The molecule has 1 amide bonds. The Hall–Kier alpha value is -2.30. The van der Waals surface area contributed by atoms with E-state index in [-0.39, 0.29) is 5.91 Å². The molecule has 0 spiro atoms. The molecule has 3 rings (SSSR count). The van der Waals surface area contributed by atoms with E-state index in [9.17, 15) is 4.79 Å². The Morgan fingerprint density at radius 3 is 2.55 bits per heavy atom. The van der Waals surface area contributed by atoms with Gasteiger partial charge in [-0.15, -0.1) is 0 Å². The van der Waals surface area contributed by atoms with Gasteiger partial charge in [0.15, 0.2) is 0 Å². The summed E-state index contributed by atoms with van der Waals surface area (Å²) in [6.45, 7) is 3.14. The van der Waals surface area contributed by atoms with E-state index in [1.54, 1.807) is 6.20 Å². The van der Waals surface area contributed by atoms with E-state index >= 15 is 0 Å². The standard InChI is InChI=1S/C15H18N4O/c1-17-7-5-13(12-17)15(20)19-10-8-18(9-11-19)14-4-2-3-6-16-14/h2-7,12H,8-11H2,1H3. The molecule has 1 saturated heterocycles. The van der Waals surface area contributed by atoms with Crippen LogP contribution in [0.3, 0.4) is 0 Å². The highest BCUT2D eigenvalue weighted by Gasteiger charge is 2.22. The van der Waals surface area contributed by atoms with Gasteiger partial charge < -0.3 is 14.4 Å². The van der Waals surface area contributed by atoms with Crippen molar-refractivity contribution in [2.45, 2.75) is 0 Å². The van der Waals surface area contributed by atoms with E-state index in [1.165, 1.54) is 0 Å². The van der Waals surface area contributed by atoms with Crippen molar-refractivity contribution in [3.63, 3.8) is 0 Å². The third kappa shape index (κ3) is 2.52. The zero-order valence-electron chi connectivity index (χ0n) is 11.6. The lowest BCUT2D eigenvalue weighted by molar-refractivity contribution is 0.0746. The first kappa shape index (κ1) is 12.7. The lowest BCUT2D eigenvalue weighted by Gasteiger charge is -2.35. The summed E-state index contributed by atoms with van der Waals surface area (Å²) in [5.74, 6) is 1.10. The molecule has 0 unspecified atom stereocenters. The van der Waals surface area contributed by atoms with Gasteiger partial charge in [-0.05, 0) is 18.2 Å². The molecule has 2 aromatic heterocycles. The summed E-state index contributed by atoms with van der Waals surface area (Å²) in [4.78, 5) is 20.8. The first-order chi connectivity index (χ1) is 9.74. The number of hydrogen-bond acceptors (Lipinski definition) is 3. The monoisotopic (exact) mass is 270 g/mol. The second-order valence-electron chi connectivity index (χ2n) is 5.03. The molecule has 0 aromatic carbocycles. The van der Waals surface area contributed by atoms with Gasteiger partial charge in [-0.2, -0.15) is 0 Å². The van der Waals surface area contributed by atoms with E-state index in [4.69, 9.17) is 0 Å². The van der Waals surface area contributed by atoms with Gasteiger partial charge >= 0.3 is 0 Å². The summed E-state index contributed by atoms with van der Waals surface area (Å²) in [6, 6.07) is 7.78. The number of pyridine rings is 1. The summed E-state index contributed by atoms with van der Waals surface area (Å²) < 4.78 is 1.90. The Bertz CT molecular complexity index is 585. The lowest BCUT2D eigenvalue weighted by Crippen LogP contribution is -2.49. The average Bonchev–Trinajstić information content (AvgIpc) is 2.94. The molecule has 104 valence electrons. The average molecular weight is 270 g/mol. The summed E-state index contributed by atoms with van der Waals surface area (Å²) in [5, 5.41) is 0. The number of amides is 1. The van der Waals surface area contributed by atoms with E-state index in [2.05, 4.69) is 9.88 Å². The molecule has 0 radical (unpaired) electrons. The summed E-state index contributed by atoms with van der Waals surface area (Å²) in [7, 11) is 1.93. The largest absolute Gasteiger partial charge is 0.356 e. The number of carbonyl (C=O) groups is 1. The molecule has 5 heteroatoms. The van der Waals surface area contributed by atoms with Crippen LogP contribution in [-0.4, -0.2) is 46.5 Å². The number of carbonyl (C=O) groups excluding carboxylic acids is 1. The minimum absolute atomic E-state index is 0.117. The molecule has 0 bridgehead atoms. The van der Waals surface area contributed by atoms with Crippen molar-refractivity contribution in [3.8, 4) is 0 Å². The van der Waals surface area contributed by atoms with Crippen molar-refractivity contribution in [2.75, 3.05) is 31.1 Å². The Kier molecular flexibility index (Phi) is 3.41. The molecule has 2 aromatic rings. The van der Waals surface area contributed by atoms with Gasteiger partial charge in [-0.1, -0.05) is 6.07 Å². The second-order valence-corrected chi connectivity index (χ2v) is 5.03. The number of hydrogen-bond donors (Lipinski definition) is 0. The van der Waals surface area contributed by atoms with E-state index in [0.717, 1.165) is 37.6 Å². The molecule has 0 N–H and O–H groups in total. The number of anilines is 1. The predicted molar refractivity (Wildman–Crippen MR) is 77.8 cm³/mol. The van der Waals surface area contributed by atoms with Crippen LogP contribution >= 0.6 is 0 Å². The molecule has 1 fully saturated rings. The predicted octanol–water partition coefficient (Wildman–Crippen LogP) is 1.38. The number of aryl methyl sites for hydroxylation is 1. The molecular weight excluding hydrogens is 252 g/mol. The highest BCUT2D eigenvalue weighted by atomic mass is 16.2. The first-order valence-corrected chi connectivity index (χ1v) is 6.81. The summed E-state index contributed by atoms with van der Waals surface area (Å²) in [5.41, 5.74) is 0.763. The molecule has 0 saturated carbocycles. The fourth-order valence-corrected chi connectivity index (χ4v) is 2.49. The van der Waals surface area contributed by atoms with Crippen LogP contribution in [0.2, 0.25) is 0 Å². The number of aromatic nitrogens is 2. The molecule has 3 heterocycles. The van der Waals surface area contributed by atoms with Gasteiger partial charge in [-0.25, -0.2) is 4.98 Å². The smallest absolute Gasteiger partial charge is 0.255 e. The van der Waals surface area contributed by atoms with Gasteiger partial charge in [-0.3, -0.25) is 4.79 Å². The molecule has 1 aliphatic heterocycles. The van der Waals surface area contributed by atoms with Crippen LogP contribution < -0.4 is 4.90 Å². The van der Waals surface area contributed by atoms with Crippen molar-refractivity contribution >= 4 is 11.7 Å². The summed E-state index contributed by atoms with van der Waals surface area (Å²) in [6.07, 6.45) is 5.57. The maximum absolute atomic E-state index is 12.3. The van der Waals surface area contributed by atoms with Gasteiger partial charge in [0.1, 0.15) is 5.82 Å². The van der Waals surface area contributed by atoms with Crippen LogP contribution in [0.1, 0.15) is 10.4 Å². The Labute approximate surface area is 118 Å². The number of piperazine rings is 1. The van der Waals surface area contributed by atoms with E-state index < -0.39 is 0 Å². The Morgan fingerprint density at radius 2 is 1.95 bits per heavy atom. The van der Waals surface area contributed by atoms with Crippen LogP contribution in [0.25, 0.3) is 0 Å². The molecule has 5 nitrogen and oxygen atoms in total. The third-order valence-electron chi connectivity index (χ3n) is 3.62. The summed E-state index contributed by atoms with van der Waals surface area (Å²) >= 11 is 0. The Morgan fingerprint density at radius 1 is 1.15 bits per heavy atom. The van der Waals surface area contributed by atoms with Gasteiger partial charge in [0.25, 0.3) is 5.91 Å². The van der Waals surface area contributed by atoms with Gasteiger partial charge in [0.05, 0.1) is 5.56 Å². The molecule has 20 heavy (non-hydrogen) atoms. The highest BCUT2D eigenvalue weighted by molar-refractivity contribution is 5.94. The molecule has 0 atom stereocenters. The first-order valence-electron chi connectivity index (χ1n) is 6.81. The molecular formula is C15H18N4O. The molecule has 1 aliphatic rings. The van der Waals surface area contributed by atoms with Crippen molar-refractivity contribution in [2.24, 2.45) is 7.05 Å². The van der Waals surface area contributed by atoms with Crippen LogP contribution in [0, 0.1) is 0 Å². The minimum atomic E-state index is 0.117. The molecule has 0 aliphatic carbocycles. The normalized spacial score (nSPS) is 15.4. The number of nitrogens with zero attached hydrogens (tertiary/aromatic N) is 4. The Balaban J connectivity index is 1.63. The van der Waals surface area contributed by atoms with Crippen LogP contribution in [0.4, 0.5) is 5.82 Å². The van der Waals surface area contributed by atoms with Crippen molar-refractivity contribution in [1.82, 2.24) is 14.5 Å². The zero-order chi connectivity index (χ0) is 13.9.